The SMILES string of the molecule is CCCCC(Nc1c(C)n[nH]c1C)c1ccc(F)cc1. The molecule has 0 fully saturated rings. The van der Waals surface area contributed by atoms with E-state index in [9.17, 15) is 4.39 Å². The lowest BCUT2D eigenvalue weighted by molar-refractivity contribution is 0.616. The Kier molecular flexibility index (Phi) is 4.77. The maximum atomic E-state index is 13.1. The standard InChI is InChI=1S/C16H22FN3/c1-4-5-6-15(13-7-9-14(17)10-8-13)18-16-11(2)19-20-12(16)3/h7-10,15,18H,4-6H2,1-3H3,(H,19,20). The van der Waals surface area contributed by atoms with Crippen molar-refractivity contribution in [2.75, 3.05) is 5.32 Å². The van der Waals surface area contributed by atoms with E-state index in [0.29, 0.717) is 0 Å². The molecule has 3 nitrogen and oxygen atoms in total. The van der Waals surface area contributed by atoms with E-state index in [1.54, 1.807) is 0 Å². The van der Waals surface area contributed by atoms with Crippen molar-refractivity contribution < 1.29 is 4.39 Å². The number of hydrogen-bond donors (Lipinski definition) is 2. The number of anilines is 1. The van der Waals surface area contributed by atoms with E-state index in [4.69, 9.17) is 0 Å². The van der Waals surface area contributed by atoms with Crippen LogP contribution in [0.15, 0.2) is 24.3 Å². The van der Waals surface area contributed by atoms with Crippen LogP contribution in [0, 0.1) is 19.7 Å². The lowest BCUT2D eigenvalue weighted by Crippen LogP contribution is -2.12. The first-order valence-electron chi connectivity index (χ1n) is 7.15. The van der Waals surface area contributed by atoms with Gasteiger partial charge in [0.1, 0.15) is 5.82 Å². The van der Waals surface area contributed by atoms with Crippen molar-refractivity contribution in [1.82, 2.24) is 10.2 Å². The molecule has 0 aliphatic carbocycles. The summed E-state index contributed by atoms with van der Waals surface area (Å²) in [6.45, 7) is 6.16. The zero-order valence-electron chi connectivity index (χ0n) is 12.3. The molecule has 0 bridgehead atoms. The Morgan fingerprint density at radius 2 is 1.95 bits per heavy atom. The predicted octanol–water partition coefficient (Wildman–Crippen LogP) is 4.51. The van der Waals surface area contributed by atoms with Crippen molar-refractivity contribution in [3.05, 3.63) is 47.0 Å². The van der Waals surface area contributed by atoms with Crippen LogP contribution in [0.2, 0.25) is 0 Å². The van der Waals surface area contributed by atoms with Gasteiger partial charge in [-0.15, -0.1) is 0 Å². The zero-order valence-corrected chi connectivity index (χ0v) is 12.3. The topological polar surface area (TPSA) is 40.7 Å². The maximum absolute atomic E-state index is 13.1. The molecular weight excluding hydrogens is 253 g/mol. The largest absolute Gasteiger partial charge is 0.375 e. The Labute approximate surface area is 119 Å². The summed E-state index contributed by atoms with van der Waals surface area (Å²) in [6, 6.07) is 6.93. The predicted molar refractivity (Wildman–Crippen MR) is 80.4 cm³/mol. The molecule has 0 aliphatic heterocycles. The molecule has 108 valence electrons. The summed E-state index contributed by atoms with van der Waals surface area (Å²) in [5.74, 6) is -0.196. The van der Waals surface area contributed by atoms with Gasteiger partial charge in [-0.05, 0) is 38.0 Å². The van der Waals surface area contributed by atoms with Crippen molar-refractivity contribution in [2.45, 2.75) is 46.1 Å². The van der Waals surface area contributed by atoms with E-state index in [-0.39, 0.29) is 11.9 Å². The summed E-state index contributed by atoms with van der Waals surface area (Å²) < 4.78 is 13.1. The van der Waals surface area contributed by atoms with E-state index < -0.39 is 0 Å². The average Bonchev–Trinajstić information content (AvgIpc) is 2.76. The van der Waals surface area contributed by atoms with E-state index in [2.05, 4.69) is 22.4 Å². The molecule has 2 N–H and O–H groups in total. The molecule has 1 atom stereocenters. The van der Waals surface area contributed by atoms with Gasteiger partial charge in [-0.3, -0.25) is 5.10 Å². The van der Waals surface area contributed by atoms with Gasteiger partial charge < -0.3 is 5.32 Å². The van der Waals surface area contributed by atoms with Gasteiger partial charge in [0, 0.05) is 0 Å². The highest BCUT2D eigenvalue weighted by atomic mass is 19.1. The maximum Gasteiger partial charge on any atom is 0.123 e. The van der Waals surface area contributed by atoms with Crippen LogP contribution in [0.4, 0.5) is 10.1 Å². The summed E-state index contributed by atoms with van der Waals surface area (Å²) in [4.78, 5) is 0. The molecule has 1 unspecified atom stereocenters. The first-order valence-corrected chi connectivity index (χ1v) is 7.15. The van der Waals surface area contributed by atoms with E-state index >= 15 is 0 Å². The summed E-state index contributed by atoms with van der Waals surface area (Å²) in [5.41, 5.74) is 4.16. The Morgan fingerprint density at radius 1 is 1.25 bits per heavy atom. The monoisotopic (exact) mass is 275 g/mol. The highest BCUT2D eigenvalue weighted by molar-refractivity contribution is 5.53. The molecule has 1 heterocycles. The van der Waals surface area contributed by atoms with Gasteiger partial charge in [-0.1, -0.05) is 31.9 Å². The second kappa shape index (κ2) is 6.55. The van der Waals surface area contributed by atoms with Crippen molar-refractivity contribution in [2.24, 2.45) is 0 Å². The number of aromatic amines is 1. The Balaban J connectivity index is 2.21. The number of H-pyrrole nitrogens is 1. The summed E-state index contributed by atoms with van der Waals surface area (Å²) in [5, 5.41) is 10.7. The van der Waals surface area contributed by atoms with Crippen LogP contribution >= 0.6 is 0 Å². The Bertz CT molecular complexity index is 526. The molecule has 2 rings (SSSR count). The second-order valence-electron chi connectivity index (χ2n) is 5.20. The summed E-state index contributed by atoms with van der Waals surface area (Å²) >= 11 is 0. The molecule has 0 spiro atoms. The number of unbranched alkanes of at least 4 members (excludes halogenated alkanes) is 1. The average molecular weight is 275 g/mol. The fraction of sp³-hybridized carbons (Fsp3) is 0.438. The van der Waals surface area contributed by atoms with Gasteiger partial charge >= 0.3 is 0 Å². The second-order valence-corrected chi connectivity index (χ2v) is 5.20. The Hall–Kier alpha value is -1.84. The number of nitrogens with one attached hydrogen (secondary N) is 2. The molecule has 2 aromatic rings. The van der Waals surface area contributed by atoms with Crippen LogP contribution in [0.1, 0.15) is 49.2 Å². The molecule has 20 heavy (non-hydrogen) atoms. The van der Waals surface area contributed by atoms with Gasteiger partial charge in [0.25, 0.3) is 0 Å². The van der Waals surface area contributed by atoms with Crippen LogP contribution in [-0.2, 0) is 0 Å². The van der Waals surface area contributed by atoms with E-state index in [1.165, 1.54) is 12.1 Å². The third-order valence-corrected chi connectivity index (χ3v) is 3.57. The molecule has 0 amide bonds. The first-order chi connectivity index (χ1) is 9.61. The van der Waals surface area contributed by atoms with Gasteiger partial charge in [0.05, 0.1) is 23.1 Å². The molecular formula is C16H22FN3. The van der Waals surface area contributed by atoms with Crippen molar-refractivity contribution in [1.29, 1.82) is 0 Å². The molecule has 4 heteroatoms. The van der Waals surface area contributed by atoms with Crippen molar-refractivity contribution >= 4 is 5.69 Å². The van der Waals surface area contributed by atoms with Crippen molar-refractivity contribution in [3.63, 3.8) is 0 Å². The molecule has 0 saturated carbocycles. The van der Waals surface area contributed by atoms with Crippen LogP contribution < -0.4 is 5.32 Å². The number of halogens is 1. The lowest BCUT2D eigenvalue weighted by Gasteiger charge is -2.20. The minimum absolute atomic E-state index is 0.186. The third-order valence-electron chi connectivity index (χ3n) is 3.57. The summed E-state index contributed by atoms with van der Waals surface area (Å²) in [7, 11) is 0. The van der Waals surface area contributed by atoms with Crippen LogP contribution in [0.25, 0.3) is 0 Å². The highest BCUT2D eigenvalue weighted by Crippen LogP contribution is 2.27. The smallest absolute Gasteiger partial charge is 0.123 e. The highest BCUT2D eigenvalue weighted by Gasteiger charge is 2.15. The third kappa shape index (κ3) is 3.38. The van der Waals surface area contributed by atoms with Crippen LogP contribution in [-0.4, -0.2) is 10.2 Å². The number of aryl methyl sites for hydroxylation is 2. The zero-order chi connectivity index (χ0) is 14.5. The fourth-order valence-electron chi connectivity index (χ4n) is 2.36. The molecule has 1 aromatic carbocycles. The number of hydrogen-bond acceptors (Lipinski definition) is 2. The first kappa shape index (κ1) is 14.6. The fourth-order valence-corrected chi connectivity index (χ4v) is 2.36. The normalized spacial score (nSPS) is 12.4. The van der Waals surface area contributed by atoms with E-state index in [1.807, 2.05) is 26.0 Å². The number of rotatable bonds is 6. The summed E-state index contributed by atoms with van der Waals surface area (Å²) in [6.07, 6.45) is 3.29. The molecule has 0 aliphatic rings. The minimum atomic E-state index is -0.196. The lowest BCUT2D eigenvalue weighted by atomic mass is 10.0. The minimum Gasteiger partial charge on any atom is -0.375 e. The molecule has 0 radical (unpaired) electrons. The van der Waals surface area contributed by atoms with Gasteiger partial charge in [-0.25, -0.2) is 4.39 Å². The van der Waals surface area contributed by atoms with Crippen LogP contribution in [0.5, 0.6) is 0 Å². The number of nitrogens with zero attached hydrogens (tertiary/aromatic N) is 1. The number of aromatic nitrogens is 2. The van der Waals surface area contributed by atoms with Gasteiger partial charge in [0.2, 0.25) is 0 Å². The Morgan fingerprint density at radius 3 is 2.50 bits per heavy atom. The van der Waals surface area contributed by atoms with Gasteiger partial charge in [0.15, 0.2) is 0 Å². The van der Waals surface area contributed by atoms with Gasteiger partial charge in [-0.2, -0.15) is 5.10 Å². The molecule has 0 saturated heterocycles. The van der Waals surface area contributed by atoms with E-state index in [0.717, 1.165) is 41.9 Å². The molecule has 1 aromatic heterocycles. The number of benzene rings is 1. The van der Waals surface area contributed by atoms with Crippen molar-refractivity contribution in [3.8, 4) is 0 Å². The quantitative estimate of drug-likeness (QED) is 0.814. The van der Waals surface area contributed by atoms with Crippen LogP contribution in [0.3, 0.4) is 0 Å².